The molecule has 0 aliphatic rings. The molecule has 0 aromatic heterocycles. The Morgan fingerprint density at radius 2 is 1.48 bits per heavy atom. The Morgan fingerprint density at radius 1 is 0.879 bits per heavy atom. The van der Waals surface area contributed by atoms with Crippen LogP contribution in [-0.2, 0) is 4.84 Å². The van der Waals surface area contributed by atoms with Crippen molar-refractivity contribution in [3.63, 3.8) is 0 Å². The van der Waals surface area contributed by atoms with Gasteiger partial charge in [0.15, 0.2) is 5.71 Å². The summed E-state index contributed by atoms with van der Waals surface area (Å²) >= 11 is 0. The van der Waals surface area contributed by atoms with Gasteiger partial charge >= 0.3 is 6.18 Å². The Labute approximate surface area is 192 Å². The van der Waals surface area contributed by atoms with E-state index in [0.717, 1.165) is 29.7 Å². The Kier molecular flexibility index (Phi) is 9.84. The van der Waals surface area contributed by atoms with E-state index < -0.39 is 11.9 Å². The van der Waals surface area contributed by atoms with E-state index in [4.69, 9.17) is 14.2 Å². The van der Waals surface area contributed by atoms with Crippen LogP contribution in [0.15, 0.2) is 65.9 Å². The van der Waals surface area contributed by atoms with E-state index in [9.17, 15) is 13.2 Å². The molecule has 5 nitrogen and oxygen atoms in total. The standard InChI is InChI=1S/C25H28F3NO4/c1-5-6-12-32-22-15-18(2)23(19(3)16-22)33-14-8-7-13-31-21-11-9-10-20(17-21)24(29-30-4)25(26,27)28/h5-11,15-17H,12-14H2,1-4H3/b6-5+,8-7+,29-24?. The lowest BCUT2D eigenvalue weighted by atomic mass is 10.1. The first-order chi connectivity index (χ1) is 15.8. The molecule has 0 atom stereocenters. The number of alkyl halides is 3. The largest absolute Gasteiger partial charge is 0.490 e. The molecule has 33 heavy (non-hydrogen) atoms. The fourth-order valence-electron chi connectivity index (χ4n) is 2.97. The van der Waals surface area contributed by atoms with Gasteiger partial charge in [0.1, 0.15) is 44.2 Å². The van der Waals surface area contributed by atoms with Crippen LogP contribution in [0.5, 0.6) is 17.2 Å². The molecule has 0 radical (unpaired) electrons. The van der Waals surface area contributed by atoms with Crippen molar-refractivity contribution >= 4 is 5.71 Å². The van der Waals surface area contributed by atoms with Crippen LogP contribution in [0.25, 0.3) is 0 Å². The number of ether oxygens (including phenoxy) is 3. The lowest BCUT2D eigenvalue weighted by Crippen LogP contribution is -2.24. The van der Waals surface area contributed by atoms with Crippen molar-refractivity contribution in [2.75, 3.05) is 26.9 Å². The first-order valence-electron chi connectivity index (χ1n) is 10.3. The summed E-state index contributed by atoms with van der Waals surface area (Å²) in [6.07, 6.45) is 2.74. The van der Waals surface area contributed by atoms with Crippen LogP contribution in [0.2, 0.25) is 0 Å². The molecule has 0 aliphatic heterocycles. The minimum atomic E-state index is -4.64. The number of oxime groups is 1. The summed E-state index contributed by atoms with van der Waals surface area (Å²) in [5, 5.41) is 3.09. The lowest BCUT2D eigenvalue weighted by Gasteiger charge is -2.13. The first kappa shape index (κ1) is 25.8. The summed E-state index contributed by atoms with van der Waals surface area (Å²) in [7, 11) is 1.06. The van der Waals surface area contributed by atoms with Gasteiger partial charge in [0, 0.05) is 5.56 Å². The van der Waals surface area contributed by atoms with Crippen molar-refractivity contribution in [1.82, 2.24) is 0 Å². The molecule has 0 N–H and O–H groups in total. The van der Waals surface area contributed by atoms with Gasteiger partial charge in [-0.2, -0.15) is 13.2 Å². The minimum Gasteiger partial charge on any atom is -0.490 e. The smallest absolute Gasteiger partial charge is 0.437 e. The SMILES string of the molecule is C/C=C/COc1cc(C)c(OC/C=C/COc2cccc(C(=NOC)C(F)(F)F)c2)c(C)c1. The lowest BCUT2D eigenvalue weighted by molar-refractivity contribution is -0.0608. The van der Waals surface area contributed by atoms with Gasteiger partial charge in [0.2, 0.25) is 0 Å². The third-order valence-electron chi connectivity index (χ3n) is 4.41. The van der Waals surface area contributed by atoms with Crippen LogP contribution >= 0.6 is 0 Å². The quantitative estimate of drug-likeness (QED) is 0.227. The number of allylic oxidation sites excluding steroid dienone is 1. The second-order valence-corrected chi connectivity index (χ2v) is 7.01. The fourth-order valence-corrected chi connectivity index (χ4v) is 2.97. The Morgan fingerprint density at radius 3 is 2.09 bits per heavy atom. The minimum absolute atomic E-state index is 0.141. The third-order valence-corrected chi connectivity index (χ3v) is 4.41. The number of nitrogens with zero attached hydrogens (tertiary/aromatic N) is 1. The highest BCUT2D eigenvalue weighted by Gasteiger charge is 2.38. The molecule has 2 rings (SSSR count). The fraction of sp³-hybridized carbons (Fsp3) is 0.320. The molecule has 2 aromatic carbocycles. The van der Waals surface area contributed by atoms with Crippen LogP contribution in [0.3, 0.4) is 0 Å². The van der Waals surface area contributed by atoms with Crippen molar-refractivity contribution in [2.45, 2.75) is 26.9 Å². The second kappa shape index (κ2) is 12.6. The molecule has 0 fully saturated rings. The van der Waals surface area contributed by atoms with Crippen LogP contribution in [0.1, 0.15) is 23.6 Å². The number of hydrogen-bond donors (Lipinski definition) is 0. The summed E-state index contributed by atoms with van der Waals surface area (Å²) in [5.74, 6) is 1.85. The molecule has 0 spiro atoms. The van der Waals surface area contributed by atoms with E-state index in [1.165, 1.54) is 18.2 Å². The van der Waals surface area contributed by atoms with Crippen LogP contribution in [0.4, 0.5) is 13.2 Å². The summed E-state index contributed by atoms with van der Waals surface area (Å²) in [6.45, 7) is 6.85. The molecule has 0 heterocycles. The summed E-state index contributed by atoms with van der Waals surface area (Å²) in [5.41, 5.74) is 0.664. The Balaban J connectivity index is 1.90. The van der Waals surface area contributed by atoms with E-state index in [-0.39, 0.29) is 17.9 Å². The molecule has 0 amide bonds. The third kappa shape index (κ3) is 8.21. The van der Waals surface area contributed by atoms with Gasteiger partial charge in [0.25, 0.3) is 0 Å². The number of hydrogen-bond acceptors (Lipinski definition) is 5. The molecular weight excluding hydrogens is 435 g/mol. The first-order valence-corrected chi connectivity index (χ1v) is 10.3. The highest BCUT2D eigenvalue weighted by atomic mass is 19.4. The zero-order valence-corrected chi connectivity index (χ0v) is 19.1. The van der Waals surface area contributed by atoms with Crippen LogP contribution < -0.4 is 14.2 Å². The van der Waals surface area contributed by atoms with E-state index in [0.29, 0.717) is 13.2 Å². The van der Waals surface area contributed by atoms with E-state index in [2.05, 4.69) is 9.99 Å². The van der Waals surface area contributed by atoms with Gasteiger partial charge in [-0.3, -0.25) is 0 Å². The van der Waals surface area contributed by atoms with E-state index in [1.54, 1.807) is 18.2 Å². The predicted octanol–water partition coefficient (Wildman–Crippen LogP) is 6.19. The number of halogens is 3. The molecule has 2 aromatic rings. The highest BCUT2D eigenvalue weighted by molar-refractivity contribution is 6.04. The van der Waals surface area contributed by atoms with Crippen molar-refractivity contribution in [3.8, 4) is 17.2 Å². The maximum atomic E-state index is 13.1. The molecule has 0 saturated carbocycles. The molecule has 8 heteroatoms. The molecule has 0 unspecified atom stereocenters. The van der Waals surface area contributed by atoms with Gasteiger partial charge < -0.3 is 19.0 Å². The summed E-state index contributed by atoms with van der Waals surface area (Å²) < 4.78 is 56.4. The van der Waals surface area contributed by atoms with E-state index >= 15 is 0 Å². The molecule has 0 aliphatic carbocycles. The Bertz CT molecular complexity index is 974. The molecule has 0 bridgehead atoms. The second-order valence-electron chi connectivity index (χ2n) is 7.01. The summed E-state index contributed by atoms with van der Waals surface area (Å²) in [6, 6.07) is 9.44. The topological polar surface area (TPSA) is 49.3 Å². The van der Waals surface area contributed by atoms with Gasteiger partial charge in [-0.05, 0) is 68.3 Å². The Hall–Kier alpha value is -3.42. The monoisotopic (exact) mass is 463 g/mol. The number of benzene rings is 2. The molecule has 178 valence electrons. The number of aryl methyl sites for hydroxylation is 2. The average Bonchev–Trinajstić information content (AvgIpc) is 2.75. The predicted molar refractivity (Wildman–Crippen MR) is 122 cm³/mol. The van der Waals surface area contributed by atoms with Gasteiger partial charge in [-0.15, -0.1) is 0 Å². The van der Waals surface area contributed by atoms with Crippen LogP contribution in [-0.4, -0.2) is 38.8 Å². The van der Waals surface area contributed by atoms with Crippen molar-refractivity contribution in [3.05, 3.63) is 77.4 Å². The van der Waals surface area contributed by atoms with Gasteiger partial charge in [0.05, 0.1) is 0 Å². The molecular formula is C25H28F3NO4. The molecule has 0 saturated heterocycles. The van der Waals surface area contributed by atoms with Crippen molar-refractivity contribution in [1.29, 1.82) is 0 Å². The zero-order valence-electron chi connectivity index (χ0n) is 19.1. The van der Waals surface area contributed by atoms with Gasteiger partial charge in [-0.1, -0.05) is 29.4 Å². The highest BCUT2D eigenvalue weighted by Crippen LogP contribution is 2.28. The maximum absolute atomic E-state index is 13.1. The van der Waals surface area contributed by atoms with Gasteiger partial charge in [-0.25, -0.2) is 0 Å². The van der Waals surface area contributed by atoms with Crippen molar-refractivity contribution in [2.24, 2.45) is 5.16 Å². The average molecular weight is 463 g/mol. The normalized spacial score (nSPS) is 12.4. The summed E-state index contributed by atoms with van der Waals surface area (Å²) in [4.78, 5) is 4.32. The maximum Gasteiger partial charge on any atom is 0.437 e. The van der Waals surface area contributed by atoms with E-state index in [1.807, 2.05) is 45.1 Å². The zero-order chi connectivity index (χ0) is 24.3. The number of rotatable bonds is 11. The van der Waals surface area contributed by atoms with Crippen LogP contribution in [0, 0.1) is 13.8 Å². The van der Waals surface area contributed by atoms with Crippen molar-refractivity contribution < 1.29 is 32.2 Å².